The average Bonchev–Trinajstić information content (AvgIpc) is 2.48. The number of hydrogen-bond donors (Lipinski definition) is 3. The van der Waals surface area contributed by atoms with Gasteiger partial charge in [-0.15, -0.1) is 0 Å². The number of carboxylic acid groups (broad SMARTS) is 1. The van der Waals surface area contributed by atoms with Crippen molar-refractivity contribution in [3.8, 4) is 5.75 Å². The summed E-state index contributed by atoms with van der Waals surface area (Å²) in [5, 5.41) is 21.1. The number of carbonyl (C=O) groups excluding carboxylic acids is 1. The number of ether oxygens (including phenoxy) is 1. The summed E-state index contributed by atoms with van der Waals surface area (Å²) in [5.41, 5.74) is 0.374. The van der Waals surface area contributed by atoms with E-state index in [1.165, 1.54) is 24.3 Å². The maximum absolute atomic E-state index is 11.9. The summed E-state index contributed by atoms with van der Waals surface area (Å²) in [6, 6.07) is 5.01. The molecule has 114 valence electrons. The van der Waals surface area contributed by atoms with Crippen molar-refractivity contribution in [1.29, 1.82) is 0 Å². The minimum absolute atomic E-state index is 0.0229. The van der Waals surface area contributed by atoms with E-state index in [0.29, 0.717) is 31.9 Å². The number of morpholine rings is 1. The quantitative estimate of drug-likeness (QED) is 0.702. The number of amides is 1. The molecule has 21 heavy (non-hydrogen) atoms. The minimum Gasteiger partial charge on any atom is -0.508 e. The Morgan fingerprint density at radius 1 is 1.24 bits per heavy atom. The van der Waals surface area contributed by atoms with Gasteiger partial charge in [0.15, 0.2) is 0 Å². The summed E-state index contributed by atoms with van der Waals surface area (Å²) in [6.07, 6.45) is 0. The van der Waals surface area contributed by atoms with Crippen molar-refractivity contribution in [2.75, 3.05) is 32.8 Å². The zero-order valence-electron chi connectivity index (χ0n) is 11.5. The van der Waals surface area contributed by atoms with Gasteiger partial charge < -0.3 is 20.3 Å². The summed E-state index contributed by atoms with van der Waals surface area (Å²) in [7, 11) is 0. The van der Waals surface area contributed by atoms with Crippen molar-refractivity contribution in [3.05, 3.63) is 29.8 Å². The van der Waals surface area contributed by atoms with E-state index < -0.39 is 12.0 Å². The van der Waals surface area contributed by atoms with Crippen LogP contribution >= 0.6 is 0 Å². The average molecular weight is 294 g/mol. The summed E-state index contributed by atoms with van der Waals surface area (Å²) in [5.74, 6) is -1.26. The first kappa shape index (κ1) is 15.3. The SMILES string of the molecule is O=C(NCC(C(=O)O)N1CCOCC1)c1ccc(O)cc1. The predicted octanol–water partition coefficient (Wildman–Crippen LogP) is -0.0926. The van der Waals surface area contributed by atoms with Crippen LogP contribution in [0, 0.1) is 0 Å². The van der Waals surface area contributed by atoms with E-state index in [9.17, 15) is 19.8 Å². The molecule has 0 saturated carbocycles. The molecular weight excluding hydrogens is 276 g/mol. The highest BCUT2D eigenvalue weighted by molar-refractivity contribution is 5.94. The highest BCUT2D eigenvalue weighted by atomic mass is 16.5. The predicted molar refractivity (Wildman–Crippen MR) is 74.3 cm³/mol. The Morgan fingerprint density at radius 2 is 1.86 bits per heavy atom. The molecule has 1 aromatic rings. The number of carboxylic acids is 1. The number of phenolic OH excluding ortho intramolecular Hbond substituents is 1. The molecule has 1 unspecified atom stereocenters. The maximum Gasteiger partial charge on any atom is 0.322 e. The zero-order valence-corrected chi connectivity index (χ0v) is 11.5. The summed E-state index contributed by atoms with van der Waals surface area (Å²) < 4.78 is 5.19. The van der Waals surface area contributed by atoms with Crippen LogP contribution in [0.1, 0.15) is 10.4 Å². The van der Waals surface area contributed by atoms with Crippen molar-refractivity contribution in [2.24, 2.45) is 0 Å². The van der Waals surface area contributed by atoms with E-state index >= 15 is 0 Å². The number of phenols is 1. The summed E-state index contributed by atoms with van der Waals surface area (Å²) in [6.45, 7) is 2.08. The number of benzene rings is 1. The van der Waals surface area contributed by atoms with E-state index in [1.54, 1.807) is 4.90 Å². The minimum atomic E-state index is -0.970. The fourth-order valence-corrected chi connectivity index (χ4v) is 2.17. The fraction of sp³-hybridized carbons (Fsp3) is 0.429. The number of nitrogens with one attached hydrogen (secondary N) is 1. The first-order chi connectivity index (χ1) is 10.1. The van der Waals surface area contributed by atoms with Gasteiger partial charge in [-0.05, 0) is 24.3 Å². The lowest BCUT2D eigenvalue weighted by molar-refractivity contribution is -0.144. The fourth-order valence-electron chi connectivity index (χ4n) is 2.17. The number of aromatic hydroxyl groups is 1. The third-order valence-corrected chi connectivity index (χ3v) is 3.36. The van der Waals surface area contributed by atoms with Crippen LogP contribution in [0.2, 0.25) is 0 Å². The second kappa shape index (κ2) is 7.05. The molecule has 3 N–H and O–H groups in total. The van der Waals surface area contributed by atoms with Crippen LogP contribution < -0.4 is 5.32 Å². The number of rotatable bonds is 5. The molecule has 0 bridgehead atoms. The largest absolute Gasteiger partial charge is 0.508 e. The molecule has 1 aromatic carbocycles. The van der Waals surface area contributed by atoms with E-state index in [2.05, 4.69) is 5.32 Å². The van der Waals surface area contributed by atoms with Gasteiger partial charge in [0.25, 0.3) is 5.91 Å². The Morgan fingerprint density at radius 3 is 2.43 bits per heavy atom. The van der Waals surface area contributed by atoms with Crippen LogP contribution in [0.3, 0.4) is 0 Å². The van der Waals surface area contributed by atoms with Gasteiger partial charge in [0, 0.05) is 25.2 Å². The molecule has 0 radical (unpaired) electrons. The van der Waals surface area contributed by atoms with E-state index in [1.807, 2.05) is 0 Å². The Balaban J connectivity index is 1.93. The molecule has 2 rings (SSSR count). The lowest BCUT2D eigenvalue weighted by Crippen LogP contribution is -2.52. The lowest BCUT2D eigenvalue weighted by Gasteiger charge is -2.31. The number of nitrogens with zero attached hydrogens (tertiary/aromatic N) is 1. The Labute approximate surface area is 122 Å². The normalized spacial score (nSPS) is 17.1. The van der Waals surface area contributed by atoms with Crippen LogP contribution in [0.25, 0.3) is 0 Å². The number of aliphatic carboxylic acids is 1. The molecule has 1 amide bonds. The monoisotopic (exact) mass is 294 g/mol. The molecule has 1 fully saturated rings. The molecule has 0 spiro atoms. The standard InChI is InChI=1S/C14H18N2O5/c17-11-3-1-10(2-4-11)13(18)15-9-12(14(19)20)16-5-7-21-8-6-16/h1-4,12,17H,5-9H2,(H,15,18)(H,19,20). The zero-order chi connectivity index (χ0) is 15.2. The molecule has 1 aliphatic rings. The number of hydrogen-bond acceptors (Lipinski definition) is 5. The summed E-state index contributed by atoms with van der Waals surface area (Å²) >= 11 is 0. The molecule has 1 aliphatic heterocycles. The van der Waals surface area contributed by atoms with Gasteiger partial charge in [-0.25, -0.2) is 0 Å². The Hall–Kier alpha value is -2.12. The molecule has 7 heteroatoms. The molecule has 1 heterocycles. The van der Waals surface area contributed by atoms with E-state index in [4.69, 9.17) is 4.74 Å². The highest BCUT2D eigenvalue weighted by Gasteiger charge is 2.27. The van der Waals surface area contributed by atoms with Gasteiger partial charge in [0.05, 0.1) is 13.2 Å². The Kier molecular flexibility index (Phi) is 5.13. The van der Waals surface area contributed by atoms with Crippen molar-refractivity contribution >= 4 is 11.9 Å². The third-order valence-electron chi connectivity index (χ3n) is 3.36. The second-order valence-electron chi connectivity index (χ2n) is 4.76. The van der Waals surface area contributed by atoms with Gasteiger partial charge in [-0.3, -0.25) is 14.5 Å². The van der Waals surface area contributed by atoms with Crippen LogP contribution in [0.4, 0.5) is 0 Å². The first-order valence-corrected chi connectivity index (χ1v) is 6.70. The smallest absolute Gasteiger partial charge is 0.322 e. The maximum atomic E-state index is 11.9. The van der Waals surface area contributed by atoms with Crippen LogP contribution in [-0.4, -0.2) is 65.9 Å². The van der Waals surface area contributed by atoms with Crippen molar-refractivity contribution in [1.82, 2.24) is 10.2 Å². The highest BCUT2D eigenvalue weighted by Crippen LogP contribution is 2.10. The van der Waals surface area contributed by atoms with Gasteiger partial charge in [-0.2, -0.15) is 0 Å². The van der Waals surface area contributed by atoms with Crippen molar-refractivity contribution < 1.29 is 24.5 Å². The van der Waals surface area contributed by atoms with Gasteiger partial charge in [-0.1, -0.05) is 0 Å². The van der Waals surface area contributed by atoms with Gasteiger partial charge in [0.2, 0.25) is 0 Å². The first-order valence-electron chi connectivity index (χ1n) is 6.70. The molecule has 1 saturated heterocycles. The Bertz CT molecular complexity index is 497. The molecule has 7 nitrogen and oxygen atoms in total. The molecular formula is C14H18N2O5. The van der Waals surface area contributed by atoms with Crippen LogP contribution in [0.15, 0.2) is 24.3 Å². The van der Waals surface area contributed by atoms with Gasteiger partial charge >= 0.3 is 5.97 Å². The van der Waals surface area contributed by atoms with Crippen LogP contribution in [-0.2, 0) is 9.53 Å². The van der Waals surface area contributed by atoms with Crippen molar-refractivity contribution in [2.45, 2.75) is 6.04 Å². The molecule has 0 aromatic heterocycles. The van der Waals surface area contributed by atoms with E-state index in [-0.39, 0.29) is 18.2 Å². The van der Waals surface area contributed by atoms with E-state index in [0.717, 1.165) is 0 Å². The van der Waals surface area contributed by atoms with Crippen molar-refractivity contribution in [3.63, 3.8) is 0 Å². The topological polar surface area (TPSA) is 99.1 Å². The number of carbonyl (C=O) groups is 2. The van der Waals surface area contributed by atoms with Gasteiger partial charge in [0.1, 0.15) is 11.8 Å². The summed E-state index contributed by atoms with van der Waals surface area (Å²) in [4.78, 5) is 25.0. The lowest BCUT2D eigenvalue weighted by atomic mass is 10.2. The molecule has 0 aliphatic carbocycles. The molecule has 1 atom stereocenters. The van der Waals surface area contributed by atoms with Crippen LogP contribution in [0.5, 0.6) is 5.75 Å². The second-order valence-corrected chi connectivity index (χ2v) is 4.76. The third kappa shape index (κ3) is 4.17.